The minimum Gasteiger partial charge on any atom is -0.462 e. The Morgan fingerprint density at radius 3 is 2.58 bits per heavy atom. The van der Waals surface area contributed by atoms with Crippen molar-refractivity contribution in [3.8, 4) is 0 Å². The first-order valence-corrected chi connectivity index (χ1v) is 6.36. The lowest BCUT2D eigenvalue weighted by molar-refractivity contribution is -0.138. The number of esters is 1. The number of alkyl halides is 4. The second kappa shape index (κ2) is 6.80. The van der Waals surface area contributed by atoms with E-state index in [-0.39, 0.29) is 30.0 Å². The Hall–Kier alpha value is -1.23. The SMILES string of the molecule is CCOC(=O)c1ccc(C(F)(F)F)c(CCCCl)c1. The molecule has 6 heteroatoms. The summed E-state index contributed by atoms with van der Waals surface area (Å²) in [6.07, 6.45) is -3.85. The van der Waals surface area contributed by atoms with Crippen LogP contribution >= 0.6 is 11.6 Å². The van der Waals surface area contributed by atoms with Gasteiger partial charge in [0.1, 0.15) is 0 Å². The average molecular weight is 295 g/mol. The Bertz CT molecular complexity index is 444. The monoisotopic (exact) mass is 294 g/mol. The number of hydrogen-bond donors (Lipinski definition) is 0. The second-order valence-electron chi connectivity index (χ2n) is 3.88. The number of carbonyl (C=O) groups is 1. The average Bonchev–Trinajstić information content (AvgIpc) is 2.35. The van der Waals surface area contributed by atoms with Crippen molar-refractivity contribution < 1.29 is 22.7 Å². The molecule has 0 bridgehead atoms. The standard InChI is InChI=1S/C13H14ClF3O2/c1-2-19-12(18)10-5-6-11(13(15,16)17)9(8-10)4-3-7-14/h5-6,8H,2-4,7H2,1H3. The molecule has 0 saturated heterocycles. The van der Waals surface area contributed by atoms with Gasteiger partial charge in [0.05, 0.1) is 17.7 Å². The van der Waals surface area contributed by atoms with Crippen molar-refractivity contribution in [2.24, 2.45) is 0 Å². The quantitative estimate of drug-likeness (QED) is 0.605. The van der Waals surface area contributed by atoms with Crippen LogP contribution in [0, 0.1) is 0 Å². The van der Waals surface area contributed by atoms with Crippen LogP contribution in [0.25, 0.3) is 0 Å². The smallest absolute Gasteiger partial charge is 0.416 e. The van der Waals surface area contributed by atoms with Gasteiger partial charge in [-0.2, -0.15) is 13.2 Å². The third-order valence-electron chi connectivity index (χ3n) is 2.50. The third-order valence-corrected chi connectivity index (χ3v) is 2.77. The van der Waals surface area contributed by atoms with Gasteiger partial charge in [-0.1, -0.05) is 0 Å². The van der Waals surface area contributed by atoms with E-state index in [0.29, 0.717) is 6.42 Å². The molecule has 0 fully saturated rings. The molecule has 0 aromatic heterocycles. The number of halogens is 4. The molecule has 1 aromatic carbocycles. The van der Waals surface area contributed by atoms with Crippen LogP contribution in [0.1, 0.15) is 34.8 Å². The fourth-order valence-electron chi connectivity index (χ4n) is 1.68. The van der Waals surface area contributed by atoms with Gasteiger partial charge in [0.2, 0.25) is 0 Å². The summed E-state index contributed by atoms with van der Waals surface area (Å²) in [5.41, 5.74) is -0.538. The highest BCUT2D eigenvalue weighted by atomic mass is 35.5. The number of carbonyl (C=O) groups excluding carboxylic acids is 1. The van der Waals surface area contributed by atoms with E-state index in [9.17, 15) is 18.0 Å². The van der Waals surface area contributed by atoms with Crippen molar-refractivity contribution in [1.29, 1.82) is 0 Å². The van der Waals surface area contributed by atoms with Gasteiger partial charge in [-0.15, -0.1) is 11.6 Å². The minimum absolute atomic E-state index is 0.0682. The van der Waals surface area contributed by atoms with Crippen LogP contribution in [0.4, 0.5) is 13.2 Å². The zero-order valence-electron chi connectivity index (χ0n) is 10.4. The highest BCUT2D eigenvalue weighted by molar-refractivity contribution is 6.17. The normalized spacial score (nSPS) is 11.4. The van der Waals surface area contributed by atoms with Gasteiger partial charge in [-0.3, -0.25) is 0 Å². The van der Waals surface area contributed by atoms with Crippen molar-refractivity contribution in [1.82, 2.24) is 0 Å². The molecule has 0 aliphatic rings. The first-order chi connectivity index (χ1) is 8.90. The molecular formula is C13H14ClF3O2. The molecular weight excluding hydrogens is 281 g/mol. The van der Waals surface area contributed by atoms with Crippen LogP contribution < -0.4 is 0 Å². The highest BCUT2D eigenvalue weighted by Crippen LogP contribution is 2.33. The molecule has 0 amide bonds. The van der Waals surface area contributed by atoms with E-state index in [1.165, 1.54) is 6.07 Å². The maximum atomic E-state index is 12.8. The van der Waals surface area contributed by atoms with Crippen molar-refractivity contribution in [3.05, 3.63) is 34.9 Å². The van der Waals surface area contributed by atoms with Crippen molar-refractivity contribution in [3.63, 3.8) is 0 Å². The molecule has 2 nitrogen and oxygen atoms in total. The van der Waals surface area contributed by atoms with Crippen LogP contribution in [0.15, 0.2) is 18.2 Å². The number of rotatable bonds is 5. The Kier molecular flexibility index (Phi) is 5.66. The number of aryl methyl sites for hydroxylation is 1. The van der Waals surface area contributed by atoms with E-state index in [2.05, 4.69) is 0 Å². The molecule has 0 heterocycles. The summed E-state index contributed by atoms with van der Waals surface area (Å²) >= 11 is 5.50. The molecule has 19 heavy (non-hydrogen) atoms. The Morgan fingerprint density at radius 1 is 1.37 bits per heavy atom. The fraction of sp³-hybridized carbons (Fsp3) is 0.462. The van der Waals surface area contributed by atoms with E-state index >= 15 is 0 Å². The first kappa shape index (κ1) is 15.8. The Labute approximate surface area is 114 Å². The van der Waals surface area contributed by atoms with E-state index in [0.717, 1.165) is 12.1 Å². The predicted molar refractivity (Wildman–Crippen MR) is 66.4 cm³/mol. The molecule has 0 spiro atoms. The zero-order valence-corrected chi connectivity index (χ0v) is 11.1. The van der Waals surface area contributed by atoms with Crippen molar-refractivity contribution >= 4 is 17.6 Å². The number of ether oxygens (including phenoxy) is 1. The molecule has 1 aromatic rings. The molecule has 0 unspecified atom stereocenters. The largest absolute Gasteiger partial charge is 0.462 e. The molecule has 0 aliphatic carbocycles. The van der Waals surface area contributed by atoms with E-state index < -0.39 is 17.7 Å². The highest BCUT2D eigenvalue weighted by Gasteiger charge is 2.33. The van der Waals surface area contributed by atoms with E-state index in [1.807, 2.05) is 0 Å². The van der Waals surface area contributed by atoms with Crippen LogP contribution in [-0.4, -0.2) is 18.5 Å². The Balaban J connectivity index is 3.11. The molecule has 0 aliphatic heterocycles. The fourth-order valence-corrected chi connectivity index (χ4v) is 1.81. The van der Waals surface area contributed by atoms with Gasteiger partial charge in [0.15, 0.2) is 0 Å². The van der Waals surface area contributed by atoms with Gasteiger partial charge >= 0.3 is 12.1 Å². The topological polar surface area (TPSA) is 26.3 Å². The van der Waals surface area contributed by atoms with E-state index in [1.54, 1.807) is 6.92 Å². The molecule has 106 valence electrons. The molecule has 1 rings (SSSR count). The number of benzene rings is 1. The van der Waals surface area contributed by atoms with E-state index in [4.69, 9.17) is 16.3 Å². The molecule has 0 saturated carbocycles. The first-order valence-electron chi connectivity index (χ1n) is 5.83. The maximum Gasteiger partial charge on any atom is 0.416 e. The van der Waals surface area contributed by atoms with Gasteiger partial charge in [0.25, 0.3) is 0 Å². The summed E-state index contributed by atoms with van der Waals surface area (Å²) in [4.78, 5) is 11.5. The van der Waals surface area contributed by atoms with Gasteiger partial charge in [-0.05, 0) is 43.5 Å². The summed E-state index contributed by atoms with van der Waals surface area (Å²) in [6, 6.07) is 3.27. The summed E-state index contributed by atoms with van der Waals surface area (Å²) in [5.74, 6) is -0.357. The summed E-state index contributed by atoms with van der Waals surface area (Å²) in [5, 5.41) is 0. The molecule has 0 radical (unpaired) electrons. The summed E-state index contributed by atoms with van der Waals surface area (Å²) in [6.45, 7) is 1.81. The third kappa shape index (κ3) is 4.42. The molecule has 0 N–H and O–H groups in total. The molecule has 0 atom stereocenters. The summed E-state index contributed by atoms with van der Waals surface area (Å²) < 4.78 is 43.2. The predicted octanol–water partition coefficient (Wildman–Crippen LogP) is 4.05. The van der Waals surface area contributed by atoms with Crippen LogP contribution in [0.5, 0.6) is 0 Å². The lowest BCUT2D eigenvalue weighted by Crippen LogP contribution is -2.12. The van der Waals surface area contributed by atoms with Gasteiger partial charge in [0, 0.05) is 5.88 Å². The Morgan fingerprint density at radius 2 is 2.05 bits per heavy atom. The zero-order chi connectivity index (χ0) is 14.5. The lowest BCUT2D eigenvalue weighted by Gasteiger charge is -2.13. The van der Waals surface area contributed by atoms with Crippen LogP contribution in [0.2, 0.25) is 0 Å². The van der Waals surface area contributed by atoms with Crippen LogP contribution in [-0.2, 0) is 17.3 Å². The van der Waals surface area contributed by atoms with Crippen LogP contribution in [0.3, 0.4) is 0 Å². The minimum atomic E-state index is -4.44. The van der Waals surface area contributed by atoms with Gasteiger partial charge < -0.3 is 4.74 Å². The second-order valence-corrected chi connectivity index (χ2v) is 4.26. The van der Waals surface area contributed by atoms with Crippen molar-refractivity contribution in [2.45, 2.75) is 25.9 Å². The number of hydrogen-bond acceptors (Lipinski definition) is 2. The van der Waals surface area contributed by atoms with Crippen molar-refractivity contribution in [2.75, 3.05) is 12.5 Å². The summed E-state index contributed by atoms with van der Waals surface area (Å²) in [7, 11) is 0. The maximum absolute atomic E-state index is 12.8. The lowest BCUT2D eigenvalue weighted by atomic mass is 9.99. The van der Waals surface area contributed by atoms with Gasteiger partial charge in [-0.25, -0.2) is 4.79 Å².